The van der Waals surface area contributed by atoms with Gasteiger partial charge in [0.1, 0.15) is 0 Å². The van der Waals surface area contributed by atoms with E-state index in [0.717, 1.165) is 22.7 Å². The van der Waals surface area contributed by atoms with E-state index in [0.29, 0.717) is 79.6 Å². The highest BCUT2D eigenvalue weighted by atomic mass is 19.2. The number of nitrogens with zero attached hydrogens (tertiary/aromatic N) is 4. The van der Waals surface area contributed by atoms with Crippen LogP contribution in [0.15, 0.2) is 77.6 Å². The first-order chi connectivity index (χ1) is 24.7. The van der Waals surface area contributed by atoms with Crippen LogP contribution >= 0.6 is 0 Å². The molecule has 1 fully saturated rings. The second kappa shape index (κ2) is 15.8. The van der Waals surface area contributed by atoms with Crippen LogP contribution in [0, 0.1) is 17.6 Å². The van der Waals surface area contributed by atoms with Gasteiger partial charge >= 0.3 is 0 Å². The molecular formula is C39H42F2N4O6. The Kier molecular flexibility index (Phi) is 11.0. The monoisotopic (exact) mass is 700 g/mol. The molecule has 268 valence electrons. The van der Waals surface area contributed by atoms with E-state index >= 15 is 0 Å². The van der Waals surface area contributed by atoms with Crippen LogP contribution in [-0.2, 0) is 6.54 Å². The van der Waals surface area contributed by atoms with Gasteiger partial charge in [-0.25, -0.2) is 13.8 Å². The molecule has 1 aliphatic rings. The SMILES string of the molecule is COc1cc(C(=O)N(C)CC(CCN2CCC(C(=O)c3nc4ccccc4n3Cc3ccoc3)CC2)c2ccc(F)c(F)c2)cc(OC)c1OC. The fourth-order valence-corrected chi connectivity index (χ4v) is 6.90. The predicted molar refractivity (Wildman–Crippen MR) is 188 cm³/mol. The van der Waals surface area contributed by atoms with Crippen LogP contribution < -0.4 is 14.2 Å². The van der Waals surface area contributed by atoms with Crippen molar-refractivity contribution in [2.24, 2.45) is 5.92 Å². The molecule has 6 rings (SSSR count). The summed E-state index contributed by atoms with van der Waals surface area (Å²) in [5.74, 6) is -1.07. The van der Waals surface area contributed by atoms with E-state index in [1.54, 1.807) is 42.7 Å². The Morgan fingerprint density at radius 2 is 1.69 bits per heavy atom. The predicted octanol–water partition coefficient (Wildman–Crippen LogP) is 6.82. The molecule has 0 spiro atoms. The number of amides is 1. The van der Waals surface area contributed by atoms with Crippen molar-refractivity contribution >= 4 is 22.7 Å². The van der Waals surface area contributed by atoms with Gasteiger partial charge in [0.15, 0.2) is 29.0 Å². The molecule has 1 aliphatic heterocycles. The lowest BCUT2D eigenvalue weighted by atomic mass is 9.90. The quantitative estimate of drug-likeness (QED) is 0.116. The van der Waals surface area contributed by atoms with Gasteiger partial charge in [0, 0.05) is 36.6 Å². The van der Waals surface area contributed by atoms with Crippen LogP contribution in [0.1, 0.15) is 57.3 Å². The topological polar surface area (TPSA) is 99.3 Å². The number of ether oxygens (including phenoxy) is 3. The number of likely N-dealkylation sites (N-methyl/N-ethyl adjacent to an activating group) is 1. The molecule has 5 aromatic rings. The first kappa shape index (κ1) is 35.6. The number of imidazole rings is 1. The van der Waals surface area contributed by atoms with Gasteiger partial charge in [-0.3, -0.25) is 9.59 Å². The highest BCUT2D eigenvalue weighted by Crippen LogP contribution is 2.38. The molecule has 1 unspecified atom stereocenters. The van der Waals surface area contributed by atoms with E-state index in [4.69, 9.17) is 23.6 Å². The Morgan fingerprint density at radius 3 is 2.33 bits per heavy atom. The van der Waals surface area contributed by atoms with Gasteiger partial charge in [0.05, 0.1) is 51.4 Å². The van der Waals surface area contributed by atoms with Crippen molar-refractivity contribution in [3.05, 3.63) is 107 Å². The minimum atomic E-state index is -0.936. The van der Waals surface area contributed by atoms with Gasteiger partial charge in [-0.1, -0.05) is 18.2 Å². The number of halogens is 2. The van der Waals surface area contributed by atoms with Gasteiger partial charge in [-0.05, 0) is 86.9 Å². The van der Waals surface area contributed by atoms with Gasteiger partial charge in [0.2, 0.25) is 11.5 Å². The number of aromatic nitrogens is 2. The lowest BCUT2D eigenvalue weighted by Crippen LogP contribution is -2.38. The second-order valence-electron chi connectivity index (χ2n) is 12.9. The Morgan fingerprint density at radius 1 is 0.961 bits per heavy atom. The van der Waals surface area contributed by atoms with Crippen LogP contribution in [0.5, 0.6) is 17.2 Å². The highest BCUT2D eigenvalue weighted by Gasteiger charge is 2.30. The number of furan rings is 1. The average molecular weight is 701 g/mol. The molecule has 0 bridgehead atoms. The van der Waals surface area contributed by atoms with Crippen molar-refractivity contribution in [3.8, 4) is 17.2 Å². The minimum Gasteiger partial charge on any atom is -0.493 e. The van der Waals surface area contributed by atoms with Gasteiger partial charge in [-0.2, -0.15) is 0 Å². The summed E-state index contributed by atoms with van der Waals surface area (Å²) < 4.78 is 51.9. The van der Waals surface area contributed by atoms with Crippen molar-refractivity contribution < 1.29 is 37.0 Å². The van der Waals surface area contributed by atoms with Crippen molar-refractivity contribution in [2.45, 2.75) is 31.7 Å². The van der Waals surface area contributed by atoms with Crippen molar-refractivity contribution in [3.63, 3.8) is 0 Å². The first-order valence-corrected chi connectivity index (χ1v) is 16.9. The number of carbonyl (C=O) groups excluding carboxylic acids is 2. The number of ketones is 1. The number of para-hydroxylation sites is 2. The second-order valence-corrected chi connectivity index (χ2v) is 12.9. The van der Waals surface area contributed by atoms with E-state index in [2.05, 4.69) is 4.90 Å². The summed E-state index contributed by atoms with van der Waals surface area (Å²) in [6.45, 7) is 2.78. The molecule has 1 amide bonds. The third-order valence-corrected chi connectivity index (χ3v) is 9.72. The highest BCUT2D eigenvalue weighted by molar-refractivity contribution is 5.98. The molecule has 10 nitrogen and oxygen atoms in total. The van der Waals surface area contributed by atoms with Gasteiger partial charge in [0.25, 0.3) is 5.91 Å². The Hall–Kier alpha value is -5.23. The van der Waals surface area contributed by atoms with E-state index in [-0.39, 0.29) is 30.1 Å². The molecule has 1 atom stereocenters. The molecule has 1 saturated heterocycles. The van der Waals surface area contributed by atoms with Crippen LogP contribution in [0.25, 0.3) is 11.0 Å². The summed E-state index contributed by atoms with van der Waals surface area (Å²) in [6.07, 6.45) is 5.22. The van der Waals surface area contributed by atoms with E-state index in [1.165, 1.54) is 27.4 Å². The first-order valence-electron chi connectivity index (χ1n) is 16.9. The fourth-order valence-electron chi connectivity index (χ4n) is 6.90. The summed E-state index contributed by atoms with van der Waals surface area (Å²) in [5, 5.41) is 0. The normalized spacial score (nSPS) is 14.4. The summed E-state index contributed by atoms with van der Waals surface area (Å²) >= 11 is 0. The molecule has 3 aromatic carbocycles. The number of rotatable bonds is 14. The van der Waals surface area contributed by atoms with E-state index in [1.807, 2.05) is 34.9 Å². The van der Waals surface area contributed by atoms with Crippen molar-refractivity contribution in [1.82, 2.24) is 19.4 Å². The molecule has 2 aromatic heterocycles. The van der Waals surface area contributed by atoms with Crippen LogP contribution in [-0.4, -0.2) is 85.6 Å². The Balaban J connectivity index is 1.13. The van der Waals surface area contributed by atoms with Crippen LogP contribution in [0.3, 0.4) is 0 Å². The number of likely N-dealkylation sites (tertiary alicyclic amines) is 1. The minimum absolute atomic E-state index is 0.0286. The van der Waals surface area contributed by atoms with Crippen LogP contribution in [0.2, 0.25) is 0 Å². The Labute approximate surface area is 295 Å². The number of piperidine rings is 1. The maximum atomic E-state index is 14.4. The van der Waals surface area contributed by atoms with Crippen molar-refractivity contribution in [1.29, 1.82) is 0 Å². The summed E-state index contributed by atoms with van der Waals surface area (Å²) in [5.41, 5.74) is 3.56. The average Bonchev–Trinajstić information content (AvgIpc) is 3.81. The zero-order valence-electron chi connectivity index (χ0n) is 29.2. The number of methoxy groups -OCH3 is 3. The molecule has 0 radical (unpaired) electrons. The Bertz CT molecular complexity index is 1960. The number of hydrogen-bond donors (Lipinski definition) is 0. The molecule has 0 aliphatic carbocycles. The number of fused-ring (bicyclic) bond motifs is 1. The maximum absolute atomic E-state index is 14.4. The van der Waals surface area contributed by atoms with Crippen molar-refractivity contribution in [2.75, 3.05) is 54.6 Å². The number of hydrogen-bond acceptors (Lipinski definition) is 8. The fraction of sp³-hybridized carbons (Fsp3) is 0.359. The lowest BCUT2D eigenvalue weighted by molar-refractivity contribution is 0.0778. The largest absolute Gasteiger partial charge is 0.493 e. The third kappa shape index (κ3) is 7.75. The van der Waals surface area contributed by atoms with Gasteiger partial charge < -0.3 is 33.0 Å². The number of benzene rings is 3. The maximum Gasteiger partial charge on any atom is 0.253 e. The summed E-state index contributed by atoms with van der Waals surface area (Å²) in [4.78, 5) is 36.1. The smallest absolute Gasteiger partial charge is 0.253 e. The molecule has 12 heteroatoms. The molecular weight excluding hydrogens is 658 g/mol. The zero-order valence-corrected chi connectivity index (χ0v) is 29.2. The van der Waals surface area contributed by atoms with Gasteiger partial charge in [-0.15, -0.1) is 0 Å². The van der Waals surface area contributed by atoms with E-state index in [9.17, 15) is 18.4 Å². The molecule has 3 heterocycles. The van der Waals surface area contributed by atoms with E-state index < -0.39 is 11.6 Å². The molecule has 51 heavy (non-hydrogen) atoms. The molecule has 0 saturated carbocycles. The molecule has 0 N–H and O–H groups in total. The lowest BCUT2D eigenvalue weighted by Gasteiger charge is -2.33. The standard InChI is InChI=1S/C39H42F2N4O6/c1-43(39(47)29-20-34(48-2)37(50-4)35(21-29)49-3)23-28(27-9-10-30(40)31(41)19-27)13-17-44-15-11-26(12-16-44)36(46)38-42-32-7-5-6-8-33(32)45(38)22-25-14-18-51-24-25/h5-10,14,18-21,24,26,28H,11-13,15-17,22-23H2,1-4H3. The van der Waals surface area contributed by atoms with Crippen LogP contribution in [0.4, 0.5) is 8.78 Å². The summed E-state index contributed by atoms with van der Waals surface area (Å²) in [7, 11) is 6.12. The number of carbonyl (C=O) groups is 2. The zero-order chi connectivity index (χ0) is 36.1. The third-order valence-electron chi connectivity index (χ3n) is 9.72. The number of Topliss-reactive ketones (excluding diaryl/α,β-unsaturated/α-hetero) is 1. The summed E-state index contributed by atoms with van der Waals surface area (Å²) in [6, 6.07) is 16.7.